The normalized spacial score (nSPS) is 12.5. The molecule has 0 saturated carbocycles. The van der Waals surface area contributed by atoms with Crippen LogP contribution in [0.25, 0.3) is 21.8 Å². The van der Waals surface area contributed by atoms with Gasteiger partial charge in [-0.25, -0.2) is 8.42 Å². The van der Waals surface area contributed by atoms with Crippen LogP contribution >= 0.6 is 0 Å². The topological polar surface area (TPSA) is 91.6 Å². The molecule has 1 aromatic heterocycles. The van der Waals surface area contributed by atoms with E-state index in [0.29, 0.717) is 11.4 Å². The molecule has 4 aromatic carbocycles. The van der Waals surface area contributed by atoms with E-state index in [0.717, 1.165) is 27.4 Å². The van der Waals surface area contributed by atoms with E-state index in [9.17, 15) is 18.3 Å². The highest BCUT2D eigenvalue weighted by Gasteiger charge is 2.28. The summed E-state index contributed by atoms with van der Waals surface area (Å²) in [7, 11) is -4.02. The van der Waals surface area contributed by atoms with Gasteiger partial charge in [-0.05, 0) is 55.5 Å². The lowest BCUT2D eigenvalue weighted by molar-refractivity contribution is -0.114. The Kier molecular flexibility index (Phi) is 6.93. The molecular weight excluding hydrogens is 498 g/mol. The Labute approximate surface area is 222 Å². The number of aromatic nitrogens is 1. The number of nitrogens with zero attached hydrogens (tertiary/aromatic N) is 2. The summed E-state index contributed by atoms with van der Waals surface area (Å²) in [6, 6.07) is 29.2. The number of sulfonamides is 1. The minimum absolute atomic E-state index is 0.0660. The number of carbonyl (C=O) groups excluding carboxylic acids is 1. The van der Waals surface area contributed by atoms with Gasteiger partial charge in [-0.15, -0.1) is 0 Å². The van der Waals surface area contributed by atoms with Crippen molar-refractivity contribution in [1.82, 2.24) is 4.57 Å². The molecule has 7 nitrogen and oxygen atoms in total. The monoisotopic (exact) mass is 527 g/mol. The van der Waals surface area contributed by atoms with Crippen LogP contribution in [0.3, 0.4) is 0 Å². The fourth-order valence-corrected chi connectivity index (χ4v) is 6.26. The van der Waals surface area contributed by atoms with Crippen LogP contribution in [0.15, 0.2) is 102 Å². The molecule has 2 N–H and O–H groups in total. The van der Waals surface area contributed by atoms with Crippen molar-refractivity contribution in [3.8, 4) is 0 Å². The van der Waals surface area contributed by atoms with Gasteiger partial charge in [-0.3, -0.25) is 9.10 Å². The molecule has 1 amide bonds. The molecule has 194 valence electrons. The first-order chi connectivity index (χ1) is 18.2. The predicted molar refractivity (Wildman–Crippen MR) is 152 cm³/mol. The van der Waals surface area contributed by atoms with E-state index in [-0.39, 0.29) is 23.9 Å². The van der Waals surface area contributed by atoms with Gasteiger partial charge >= 0.3 is 0 Å². The Morgan fingerprint density at radius 1 is 0.868 bits per heavy atom. The first-order valence-electron chi connectivity index (χ1n) is 12.3. The fraction of sp³-hybridized carbons (Fsp3) is 0.167. The summed E-state index contributed by atoms with van der Waals surface area (Å²) in [5.41, 5.74) is 3.92. The zero-order valence-corrected chi connectivity index (χ0v) is 22.0. The van der Waals surface area contributed by atoms with E-state index >= 15 is 0 Å². The van der Waals surface area contributed by atoms with Gasteiger partial charge in [0.1, 0.15) is 0 Å². The third-order valence-corrected chi connectivity index (χ3v) is 8.34. The van der Waals surface area contributed by atoms with Crippen LogP contribution in [0.4, 0.5) is 11.4 Å². The van der Waals surface area contributed by atoms with Crippen molar-refractivity contribution in [3.63, 3.8) is 0 Å². The van der Waals surface area contributed by atoms with E-state index in [4.69, 9.17) is 0 Å². The molecule has 0 saturated heterocycles. The highest BCUT2D eigenvalue weighted by atomic mass is 32.2. The lowest BCUT2D eigenvalue weighted by Gasteiger charge is -2.27. The van der Waals surface area contributed by atoms with Gasteiger partial charge in [-0.2, -0.15) is 0 Å². The number of benzene rings is 4. The van der Waals surface area contributed by atoms with Gasteiger partial charge < -0.3 is 15.0 Å². The van der Waals surface area contributed by atoms with Crippen LogP contribution < -0.4 is 9.62 Å². The Balaban J connectivity index is 1.50. The van der Waals surface area contributed by atoms with Crippen LogP contribution in [0.5, 0.6) is 0 Å². The van der Waals surface area contributed by atoms with Crippen molar-refractivity contribution in [3.05, 3.63) is 103 Å². The third kappa shape index (κ3) is 5.01. The zero-order valence-electron chi connectivity index (χ0n) is 21.2. The number of rotatable bonds is 8. The van der Waals surface area contributed by atoms with Crippen LogP contribution in [-0.4, -0.2) is 36.6 Å². The molecule has 0 aliphatic rings. The van der Waals surface area contributed by atoms with E-state index < -0.39 is 16.1 Å². The van der Waals surface area contributed by atoms with Crippen molar-refractivity contribution in [1.29, 1.82) is 0 Å². The summed E-state index contributed by atoms with van der Waals surface area (Å²) in [6.45, 7) is 3.40. The van der Waals surface area contributed by atoms with E-state index in [2.05, 4.69) is 5.32 Å². The largest absolute Gasteiger partial charge is 0.389 e. The second-order valence-electron chi connectivity index (χ2n) is 9.38. The molecule has 0 spiro atoms. The quantitative estimate of drug-likeness (QED) is 0.286. The molecule has 1 atom stereocenters. The number of nitrogens with one attached hydrogen (secondary N) is 1. The number of aliphatic hydroxyl groups excluding tert-OH is 1. The molecule has 38 heavy (non-hydrogen) atoms. The highest BCUT2D eigenvalue weighted by molar-refractivity contribution is 7.92. The van der Waals surface area contributed by atoms with Gasteiger partial charge in [0.05, 0.1) is 29.8 Å². The molecular formula is C30H29N3O4S. The van der Waals surface area contributed by atoms with Crippen molar-refractivity contribution in [2.45, 2.75) is 31.4 Å². The zero-order chi connectivity index (χ0) is 26.9. The molecule has 0 aliphatic carbocycles. The number of aliphatic hydroxyl groups is 1. The number of carbonyl (C=O) groups is 1. The summed E-state index contributed by atoms with van der Waals surface area (Å²) in [5.74, 6) is -0.241. The van der Waals surface area contributed by atoms with E-state index in [1.165, 1.54) is 23.4 Å². The summed E-state index contributed by atoms with van der Waals surface area (Å²) in [6.07, 6.45) is -0.996. The van der Waals surface area contributed by atoms with Crippen molar-refractivity contribution >= 4 is 49.1 Å². The van der Waals surface area contributed by atoms with Crippen molar-refractivity contribution in [2.75, 3.05) is 16.2 Å². The first-order valence-corrected chi connectivity index (χ1v) is 13.8. The Morgan fingerprint density at radius 3 is 1.97 bits per heavy atom. The molecule has 0 radical (unpaired) electrons. The highest BCUT2D eigenvalue weighted by Crippen LogP contribution is 2.30. The number of anilines is 2. The summed E-state index contributed by atoms with van der Waals surface area (Å²) >= 11 is 0. The molecule has 1 unspecified atom stereocenters. The van der Waals surface area contributed by atoms with Crippen LogP contribution in [0, 0.1) is 6.92 Å². The van der Waals surface area contributed by atoms with Gasteiger partial charge in [-0.1, -0.05) is 54.1 Å². The SMILES string of the molecule is CC(=O)Nc1ccc(S(=O)(=O)N(CC(O)Cn2c3ccccc3c3ccccc32)c2ccc(C)cc2)cc1. The minimum Gasteiger partial charge on any atom is -0.389 e. The Hall–Kier alpha value is -4.14. The lowest BCUT2D eigenvalue weighted by atomic mass is 10.2. The number of fused-ring (bicyclic) bond motifs is 3. The molecule has 5 rings (SSSR count). The number of hydrogen-bond acceptors (Lipinski definition) is 4. The molecule has 1 heterocycles. The van der Waals surface area contributed by atoms with Gasteiger partial charge in [0.15, 0.2) is 0 Å². The third-order valence-electron chi connectivity index (χ3n) is 6.53. The van der Waals surface area contributed by atoms with Crippen LogP contribution in [-0.2, 0) is 21.4 Å². The smallest absolute Gasteiger partial charge is 0.264 e. The number of amides is 1. The minimum atomic E-state index is -4.02. The fourth-order valence-electron chi connectivity index (χ4n) is 4.75. The second kappa shape index (κ2) is 10.3. The maximum Gasteiger partial charge on any atom is 0.264 e. The Bertz CT molecular complexity index is 1660. The van der Waals surface area contributed by atoms with Crippen LogP contribution in [0.2, 0.25) is 0 Å². The van der Waals surface area contributed by atoms with E-state index in [1.54, 1.807) is 24.3 Å². The average molecular weight is 528 g/mol. The predicted octanol–water partition coefficient (Wildman–Crippen LogP) is 5.32. The number of aryl methyl sites for hydroxylation is 1. The van der Waals surface area contributed by atoms with Crippen molar-refractivity contribution < 1.29 is 18.3 Å². The molecule has 8 heteroatoms. The second-order valence-corrected chi connectivity index (χ2v) is 11.2. The molecule has 0 bridgehead atoms. The van der Waals surface area contributed by atoms with Gasteiger partial charge in [0, 0.05) is 34.4 Å². The first kappa shape index (κ1) is 25.5. The van der Waals surface area contributed by atoms with Gasteiger partial charge in [0.25, 0.3) is 10.0 Å². The number of para-hydroxylation sites is 2. The van der Waals surface area contributed by atoms with E-state index in [1.807, 2.05) is 72.2 Å². The average Bonchev–Trinajstić information content (AvgIpc) is 3.21. The summed E-state index contributed by atoms with van der Waals surface area (Å²) in [5, 5.41) is 16.1. The summed E-state index contributed by atoms with van der Waals surface area (Å²) in [4.78, 5) is 11.4. The number of hydrogen-bond donors (Lipinski definition) is 2. The van der Waals surface area contributed by atoms with Gasteiger partial charge in [0.2, 0.25) is 5.91 Å². The maximum absolute atomic E-state index is 13.8. The Morgan fingerprint density at radius 2 is 1.42 bits per heavy atom. The summed E-state index contributed by atoms with van der Waals surface area (Å²) < 4.78 is 31.0. The maximum atomic E-state index is 13.8. The molecule has 5 aromatic rings. The van der Waals surface area contributed by atoms with Crippen LogP contribution in [0.1, 0.15) is 12.5 Å². The molecule has 0 fully saturated rings. The standard InChI is InChI=1S/C30H29N3O4S/c1-21-11-15-24(16-12-21)33(38(36,37)26-17-13-23(14-18-26)31-22(2)34)20-25(35)19-32-29-9-5-3-7-27(29)28-8-4-6-10-30(28)32/h3-18,25,35H,19-20H2,1-2H3,(H,31,34). The molecule has 0 aliphatic heterocycles. The van der Waals surface area contributed by atoms with Crippen molar-refractivity contribution in [2.24, 2.45) is 0 Å². The lowest BCUT2D eigenvalue weighted by Crippen LogP contribution is -2.39.